The maximum absolute atomic E-state index is 13.1. The van der Waals surface area contributed by atoms with Crippen molar-refractivity contribution >= 4 is 17.5 Å². The van der Waals surface area contributed by atoms with E-state index in [9.17, 15) is 9.59 Å². The molecular formula is C22H23N3O2. The molecule has 0 radical (unpaired) electrons. The van der Waals surface area contributed by atoms with Crippen LogP contribution in [0.5, 0.6) is 0 Å². The van der Waals surface area contributed by atoms with Crippen LogP contribution in [0.4, 0.5) is 5.69 Å². The van der Waals surface area contributed by atoms with E-state index in [4.69, 9.17) is 0 Å². The number of hydrogen-bond donors (Lipinski definition) is 0. The van der Waals surface area contributed by atoms with E-state index in [0.717, 1.165) is 38.0 Å². The Labute approximate surface area is 159 Å². The lowest BCUT2D eigenvalue weighted by Crippen LogP contribution is -2.50. The minimum Gasteiger partial charge on any atom is -0.354 e. The fourth-order valence-electron chi connectivity index (χ4n) is 4.69. The normalized spacial score (nSPS) is 21.0. The van der Waals surface area contributed by atoms with Gasteiger partial charge in [0.1, 0.15) is 6.17 Å². The van der Waals surface area contributed by atoms with Crippen molar-refractivity contribution in [2.24, 2.45) is 0 Å². The number of benzene rings is 2. The molecule has 5 heteroatoms. The average Bonchev–Trinajstić information content (AvgIpc) is 3.21. The summed E-state index contributed by atoms with van der Waals surface area (Å²) in [6.07, 6.45) is 3.04. The van der Waals surface area contributed by atoms with Crippen molar-refractivity contribution in [1.82, 2.24) is 9.80 Å². The standard InChI is InChI=1S/C22H23N3O2/c1-23-19-13-16(8-9-18(19)22(27)25-11-4-7-20(23)25)21(26)24-12-10-15-5-2-3-6-17(15)14-24/h2-3,5-6,8-9,13,20H,4,7,10-12,14H2,1H3/t20-/m1/s1. The summed E-state index contributed by atoms with van der Waals surface area (Å²) in [6, 6.07) is 13.9. The number of amides is 2. The van der Waals surface area contributed by atoms with E-state index in [1.165, 1.54) is 11.1 Å². The number of carbonyl (C=O) groups excluding carboxylic acids is 2. The maximum Gasteiger partial charge on any atom is 0.257 e. The van der Waals surface area contributed by atoms with Gasteiger partial charge in [-0.2, -0.15) is 0 Å². The van der Waals surface area contributed by atoms with Crippen LogP contribution in [-0.2, 0) is 13.0 Å². The molecule has 3 heterocycles. The second-order valence-electron chi connectivity index (χ2n) is 7.71. The second kappa shape index (κ2) is 6.12. The van der Waals surface area contributed by atoms with Crippen molar-refractivity contribution in [3.05, 3.63) is 64.7 Å². The van der Waals surface area contributed by atoms with E-state index in [1.54, 1.807) is 0 Å². The summed E-state index contributed by atoms with van der Waals surface area (Å²) >= 11 is 0. The molecule has 3 aliphatic rings. The van der Waals surface area contributed by atoms with Gasteiger partial charge >= 0.3 is 0 Å². The van der Waals surface area contributed by atoms with Crippen LogP contribution < -0.4 is 4.90 Å². The summed E-state index contributed by atoms with van der Waals surface area (Å²) in [5.74, 6) is 0.138. The smallest absolute Gasteiger partial charge is 0.257 e. The van der Waals surface area contributed by atoms with Crippen LogP contribution in [0.25, 0.3) is 0 Å². The number of carbonyl (C=O) groups is 2. The van der Waals surface area contributed by atoms with Gasteiger partial charge in [0, 0.05) is 32.2 Å². The molecule has 1 atom stereocenters. The first kappa shape index (κ1) is 16.4. The molecule has 5 nitrogen and oxygen atoms in total. The van der Waals surface area contributed by atoms with Crippen LogP contribution in [-0.4, -0.2) is 47.9 Å². The maximum atomic E-state index is 13.1. The Kier molecular flexibility index (Phi) is 3.71. The molecule has 0 unspecified atom stereocenters. The average molecular weight is 361 g/mol. The lowest BCUT2D eigenvalue weighted by molar-refractivity contribution is 0.0711. The van der Waals surface area contributed by atoms with E-state index in [0.29, 0.717) is 17.7 Å². The zero-order chi connectivity index (χ0) is 18.5. The van der Waals surface area contributed by atoms with Crippen molar-refractivity contribution in [3.63, 3.8) is 0 Å². The quantitative estimate of drug-likeness (QED) is 0.784. The van der Waals surface area contributed by atoms with Crippen molar-refractivity contribution < 1.29 is 9.59 Å². The highest BCUT2D eigenvalue weighted by Gasteiger charge is 2.39. The molecule has 0 aliphatic carbocycles. The Morgan fingerprint density at radius 1 is 1.07 bits per heavy atom. The van der Waals surface area contributed by atoms with E-state index >= 15 is 0 Å². The van der Waals surface area contributed by atoms with Crippen LogP contribution in [0.2, 0.25) is 0 Å². The van der Waals surface area contributed by atoms with Gasteiger partial charge in [-0.15, -0.1) is 0 Å². The first-order valence-corrected chi connectivity index (χ1v) is 9.67. The molecule has 2 aromatic rings. The van der Waals surface area contributed by atoms with Gasteiger partial charge in [0.05, 0.1) is 11.3 Å². The molecule has 3 aliphatic heterocycles. The van der Waals surface area contributed by atoms with Gasteiger partial charge in [0.2, 0.25) is 0 Å². The summed E-state index contributed by atoms with van der Waals surface area (Å²) in [4.78, 5) is 31.9. The molecular weight excluding hydrogens is 338 g/mol. The van der Waals surface area contributed by atoms with Gasteiger partial charge in [-0.25, -0.2) is 0 Å². The Balaban J connectivity index is 1.45. The Morgan fingerprint density at radius 2 is 1.89 bits per heavy atom. The molecule has 138 valence electrons. The van der Waals surface area contributed by atoms with E-state index < -0.39 is 0 Å². The van der Waals surface area contributed by atoms with E-state index in [2.05, 4.69) is 23.1 Å². The summed E-state index contributed by atoms with van der Waals surface area (Å²) < 4.78 is 0. The molecule has 0 saturated carbocycles. The minimum atomic E-state index is 0.0435. The van der Waals surface area contributed by atoms with E-state index in [1.807, 2.05) is 41.1 Å². The van der Waals surface area contributed by atoms with Gasteiger partial charge in [0.25, 0.3) is 11.8 Å². The molecule has 0 spiro atoms. The highest BCUT2D eigenvalue weighted by atomic mass is 16.2. The number of rotatable bonds is 1. The minimum absolute atomic E-state index is 0.0435. The Bertz CT molecular complexity index is 939. The molecule has 0 bridgehead atoms. The monoisotopic (exact) mass is 361 g/mol. The topological polar surface area (TPSA) is 43.9 Å². The summed E-state index contributed by atoms with van der Waals surface area (Å²) in [5.41, 5.74) is 4.81. The number of anilines is 1. The van der Waals surface area contributed by atoms with Crippen LogP contribution >= 0.6 is 0 Å². The van der Waals surface area contributed by atoms with E-state index in [-0.39, 0.29) is 18.0 Å². The van der Waals surface area contributed by atoms with Crippen molar-refractivity contribution in [1.29, 1.82) is 0 Å². The number of fused-ring (bicyclic) bond motifs is 3. The summed E-state index contributed by atoms with van der Waals surface area (Å²) in [6.45, 7) is 2.20. The van der Waals surface area contributed by atoms with Crippen molar-refractivity contribution in [2.75, 3.05) is 25.0 Å². The third-order valence-corrected chi connectivity index (χ3v) is 6.20. The fraction of sp³-hybridized carbons (Fsp3) is 0.364. The first-order chi connectivity index (χ1) is 13.1. The first-order valence-electron chi connectivity index (χ1n) is 9.67. The summed E-state index contributed by atoms with van der Waals surface area (Å²) in [5, 5.41) is 0. The van der Waals surface area contributed by atoms with Crippen LogP contribution in [0.3, 0.4) is 0 Å². The molecule has 0 aromatic heterocycles. The zero-order valence-corrected chi connectivity index (χ0v) is 15.5. The van der Waals surface area contributed by atoms with Crippen molar-refractivity contribution in [2.45, 2.75) is 32.0 Å². The highest BCUT2D eigenvalue weighted by molar-refractivity contribution is 6.04. The molecule has 0 N–H and O–H groups in total. The van der Waals surface area contributed by atoms with Crippen molar-refractivity contribution in [3.8, 4) is 0 Å². The van der Waals surface area contributed by atoms with Crippen LogP contribution in [0.15, 0.2) is 42.5 Å². The molecule has 2 amide bonds. The largest absolute Gasteiger partial charge is 0.354 e. The second-order valence-corrected chi connectivity index (χ2v) is 7.71. The highest BCUT2D eigenvalue weighted by Crippen LogP contribution is 2.35. The SMILES string of the molecule is CN1c2cc(C(=O)N3CCc4ccccc4C3)ccc2C(=O)N2CCC[C@@H]21. The lowest BCUT2D eigenvalue weighted by Gasteiger charge is -2.40. The predicted molar refractivity (Wildman–Crippen MR) is 104 cm³/mol. The molecule has 1 fully saturated rings. The molecule has 2 aromatic carbocycles. The Morgan fingerprint density at radius 3 is 2.74 bits per heavy atom. The van der Waals surface area contributed by atoms with Gasteiger partial charge in [-0.3, -0.25) is 9.59 Å². The van der Waals surface area contributed by atoms with Gasteiger partial charge in [-0.05, 0) is 48.6 Å². The summed E-state index contributed by atoms with van der Waals surface area (Å²) in [7, 11) is 2.03. The zero-order valence-electron chi connectivity index (χ0n) is 15.5. The molecule has 27 heavy (non-hydrogen) atoms. The fourth-order valence-corrected chi connectivity index (χ4v) is 4.69. The third kappa shape index (κ3) is 2.52. The number of hydrogen-bond acceptors (Lipinski definition) is 3. The third-order valence-electron chi connectivity index (χ3n) is 6.20. The van der Waals surface area contributed by atoms with Gasteiger partial charge in [0.15, 0.2) is 0 Å². The van der Waals surface area contributed by atoms with Gasteiger partial charge < -0.3 is 14.7 Å². The van der Waals surface area contributed by atoms with Crippen LogP contribution in [0.1, 0.15) is 44.7 Å². The number of nitrogens with zero attached hydrogens (tertiary/aromatic N) is 3. The van der Waals surface area contributed by atoms with Crippen LogP contribution in [0, 0.1) is 0 Å². The lowest BCUT2D eigenvalue weighted by atomic mass is 9.98. The molecule has 5 rings (SSSR count). The predicted octanol–water partition coefficient (Wildman–Crippen LogP) is 2.90. The van der Waals surface area contributed by atoms with Gasteiger partial charge in [-0.1, -0.05) is 24.3 Å². The Hall–Kier alpha value is -2.82. The molecule has 1 saturated heterocycles.